The van der Waals surface area contributed by atoms with Gasteiger partial charge in [-0.25, -0.2) is 0 Å². The monoisotopic (exact) mass is 698 g/mol. The molecule has 2 aliphatic carbocycles. The van der Waals surface area contributed by atoms with E-state index in [0.717, 1.165) is 0 Å². The van der Waals surface area contributed by atoms with Gasteiger partial charge in [0.15, 0.2) is 24.1 Å². The van der Waals surface area contributed by atoms with Gasteiger partial charge in [-0.3, -0.25) is 10.2 Å². The summed E-state index contributed by atoms with van der Waals surface area (Å²) in [6.07, 6.45) is -19.2. The Morgan fingerprint density at radius 2 is 1.52 bits per heavy atom. The van der Waals surface area contributed by atoms with Crippen molar-refractivity contribution >= 4 is 11.9 Å². The number of aliphatic hydroxyl groups is 9. The first kappa shape index (κ1) is 38.9. The van der Waals surface area contributed by atoms with Crippen LogP contribution in [0.25, 0.3) is 0 Å². The SMILES string of the molecule is N=C(N)NC1CC1(O)C(=O)N[C@@H]1C[C@H](N)C(O[C@H]2O[C@H](CNCC(N)CO)[C@@H](O)[C@H](O)[C@H]2O)[C@H](O)[C@H]1O[C@H]1O[C@H](CO)[C@@H](O)[C@H](N)[C@H]1O. The van der Waals surface area contributed by atoms with Crippen molar-refractivity contribution in [3.63, 3.8) is 0 Å². The largest absolute Gasteiger partial charge is 0.395 e. The lowest BCUT2D eigenvalue weighted by atomic mass is 9.83. The van der Waals surface area contributed by atoms with Crippen LogP contribution in [0.5, 0.6) is 0 Å². The van der Waals surface area contributed by atoms with Crippen LogP contribution in [-0.4, -0.2) is 194 Å². The van der Waals surface area contributed by atoms with Crippen molar-refractivity contribution in [2.75, 3.05) is 26.3 Å². The fourth-order valence-corrected chi connectivity index (χ4v) is 6.10. The fourth-order valence-electron chi connectivity index (χ4n) is 6.10. The Bertz CT molecular complexity index is 1100. The highest BCUT2D eigenvalue weighted by Gasteiger charge is 2.61. The maximum Gasteiger partial charge on any atom is 0.254 e. The van der Waals surface area contributed by atoms with Crippen molar-refractivity contribution in [1.29, 1.82) is 5.41 Å². The van der Waals surface area contributed by atoms with Crippen LogP contribution in [0.3, 0.4) is 0 Å². The van der Waals surface area contributed by atoms with Crippen molar-refractivity contribution in [1.82, 2.24) is 16.0 Å². The zero-order valence-corrected chi connectivity index (χ0v) is 25.9. The van der Waals surface area contributed by atoms with Gasteiger partial charge in [-0.05, 0) is 6.42 Å². The molecule has 2 saturated carbocycles. The molecule has 0 aromatic carbocycles. The molecule has 22 nitrogen and oxygen atoms in total. The molecule has 4 unspecified atom stereocenters. The van der Waals surface area contributed by atoms with E-state index in [2.05, 4.69) is 16.0 Å². The maximum atomic E-state index is 13.2. The van der Waals surface area contributed by atoms with E-state index in [1.54, 1.807) is 0 Å². The van der Waals surface area contributed by atoms with E-state index in [4.69, 9.17) is 52.4 Å². The van der Waals surface area contributed by atoms with E-state index in [1.807, 2.05) is 0 Å². The number of aliphatic hydroxyl groups excluding tert-OH is 8. The quantitative estimate of drug-likeness (QED) is 0.0627. The minimum absolute atomic E-state index is 0.0882. The van der Waals surface area contributed by atoms with Gasteiger partial charge in [0, 0.05) is 31.6 Å². The first-order valence-corrected chi connectivity index (χ1v) is 15.6. The molecule has 0 aromatic rings. The second-order valence-electron chi connectivity index (χ2n) is 12.8. The van der Waals surface area contributed by atoms with E-state index >= 15 is 0 Å². The summed E-state index contributed by atoms with van der Waals surface area (Å²) in [7, 11) is 0. The third kappa shape index (κ3) is 8.33. The highest BCUT2D eigenvalue weighted by Crippen LogP contribution is 2.37. The topological polar surface area (TPSA) is 400 Å². The molecule has 4 fully saturated rings. The number of carbonyl (C=O) groups is 1. The van der Waals surface area contributed by atoms with Crippen LogP contribution in [-0.2, 0) is 23.7 Å². The number of amides is 1. The molecule has 48 heavy (non-hydrogen) atoms. The van der Waals surface area contributed by atoms with Crippen LogP contribution in [0.2, 0.25) is 0 Å². The highest BCUT2D eigenvalue weighted by molar-refractivity contribution is 5.91. The first-order chi connectivity index (χ1) is 22.5. The van der Waals surface area contributed by atoms with E-state index in [-0.39, 0.29) is 32.5 Å². The molecule has 0 bridgehead atoms. The van der Waals surface area contributed by atoms with Gasteiger partial charge in [0.1, 0.15) is 61.0 Å². The van der Waals surface area contributed by atoms with Crippen molar-refractivity contribution in [2.24, 2.45) is 22.9 Å². The lowest BCUT2D eigenvalue weighted by Crippen LogP contribution is -2.69. The van der Waals surface area contributed by atoms with E-state index in [0.29, 0.717) is 0 Å². The summed E-state index contributed by atoms with van der Waals surface area (Å²) in [5.41, 5.74) is 21.3. The van der Waals surface area contributed by atoms with Crippen LogP contribution >= 0.6 is 0 Å². The Hall–Kier alpha value is -1.94. The van der Waals surface area contributed by atoms with Gasteiger partial charge in [0.05, 0.1) is 31.3 Å². The maximum absolute atomic E-state index is 13.2. The Kier molecular flexibility index (Phi) is 12.9. The van der Waals surface area contributed by atoms with Crippen molar-refractivity contribution in [3.8, 4) is 0 Å². The van der Waals surface area contributed by atoms with Gasteiger partial charge in [0.25, 0.3) is 5.91 Å². The molecule has 4 aliphatic rings. The van der Waals surface area contributed by atoms with E-state index < -0.39 is 128 Å². The molecular formula is C26H50N8O14. The van der Waals surface area contributed by atoms with Crippen molar-refractivity contribution < 1.29 is 69.7 Å². The molecule has 278 valence electrons. The molecule has 21 N–H and O–H groups in total. The molecule has 0 radical (unpaired) electrons. The lowest BCUT2D eigenvalue weighted by Gasteiger charge is -2.49. The lowest BCUT2D eigenvalue weighted by molar-refractivity contribution is -0.333. The van der Waals surface area contributed by atoms with Gasteiger partial charge in [-0.1, -0.05) is 0 Å². The Morgan fingerprint density at radius 3 is 2.15 bits per heavy atom. The van der Waals surface area contributed by atoms with E-state index in [9.17, 15) is 45.6 Å². The molecule has 1 amide bonds. The van der Waals surface area contributed by atoms with Crippen LogP contribution < -0.4 is 38.9 Å². The molecule has 2 saturated heterocycles. The zero-order valence-electron chi connectivity index (χ0n) is 25.9. The van der Waals surface area contributed by atoms with Crippen molar-refractivity contribution in [2.45, 2.75) is 122 Å². The molecule has 4 rings (SSSR count). The number of hydrogen-bond acceptors (Lipinski definition) is 19. The number of nitrogens with two attached hydrogens (primary N) is 4. The summed E-state index contributed by atoms with van der Waals surface area (Å²) in [4.78, 5) is 13.2. The Labute approximate surface area is 274 Å². The summed E-state index contributed by atoms with van der Waals surface area (Å²) in [6.45, 7) is -0.994. The van der Waals surface area contributed by atoms with E-state index in [1.165, 1.54) is 0 Å². The fraction of sp³-hybridized carbons (Fsp3) is 0.923. The second-order valence-corrected chi connectivity index (χ2v) is 12.8. The van der Waals surface area contributed by atoms with Crippen molar-refractivity contribution in [3.05, 3.63) is 0 Å². The van der Waals surface area contributed by atoms with Crippen LogP contribution in [0.15, 0.2) is 0 Å². The van der Waals surface area contributed by atoms with Gasteiger partial charge in [-0.2, -0.15) is 0 Å². The molecule has 2 aliphatic heterocycles. The number of ether oxygens (including phenoxy) is 4. The summed E-state index contributed by atoms with van der Waals surface area (Å²) >= 11 is 0. The van der Waals surface area contributed by atoms with Gasteiger partial charge >= 0.3 is 0 Å². The number of guanidine groups is 1. The predicted octanol–water partition coefficient (Wildman–Crippen LogP) is -10.2. The molecule has 0 spiro atoms. The molecular weight excluding hydrogens is 648 g/mol. The smallest absolute Gasteiger partial charge is 0.254 e. The summed E-state index contributed by atoms with van der Waals surface area (Å²) in [5, 5.41) is 109. The second kappa shape index (κ2) is 15.9. The standard InChI is InChI=1S/C26H50N8O14/c27-7(5-35)3-32-4-10-15(38)17(40)18(41)23(45-10)47-20-8(28)1-9(33-24(43)26(44)2-12(26)34-25(30)31)21(19(20)42)48-22-16(39)13(29)14(37)11(6-36)46-22/h7-23,32,35-42,44H,1-6,27-29H2,(H,33,43)(H4,30,31,34)/t7?,8-,9+,10+,11+,12?,13-,14+,15+,16+,17-,18+,19-,20?,21-,22+,23+,26?/m0/s1. The molecule has 18 atom stereocenters. The molecule has 0 aromatic heterocycles. The van der Waals surface area contributed by atoms with Crippen LogP contribution in [0.1, 0.15) is 12.8 Å². The summed E-state index contributed by atoms with van der Waals surface area (Å²) < 4.78 is 23.0. The Morgan fingerprint density at radius 1 is 0.896 bits per heavy atom. The normalized spacial score (nSPS) is 46.8. The highest BCUT2D eigenvalue weighted by atomic mass is 16.7. The van der Waals surface area contributed by atoms with Crippen LogP contribution in [0.4, 0.5) is 0 Å². The third-order valence-electron chi connectivity index (χ3n) is 9.16. The van der Waals surface area contributed by atoms with Gasteiger partial charge in [-0.15, -0.1) is 0 Å². The average Bonchev–Trinajstić information content (AvgIpc) is 3.70. The number of hydrogen-bond donors (Lipinski definition) is 17. The predicted molar refractivity (Wildman–Crippen MR) is 159 cm³/mol. The summed E-state index contributed by atoms with van der Waals surface area (Å²) in [6, 6.07) is -5.19. The minimum Gasteiger partial charge on any atom is -0.395 e. The Balaban J connectivity index is 1.54. The zero-order chi connectivity index (χ0) is 35.7. The average molecular weight is 699 g/mol. The number of carbonyl (C=O) groups excluding carboxylic acids is 1. The van der Waals surface area contributed by atoms with Crippen LogP contribution in [0, 0.1) is 5.41 Å². The third-order valence-corrected chi connectivity index (χ3v) is 9.16. The van der Waals surface area contributed by atoms with Gasteiger partial charge < -0.3 is 104 Å². The minimum atomic E-state index is -1.98. The van der Waals surface area contributed by atoms with Gasteiger partial charge in [0.2, 0.25) is 0 Å². The molecule has 2 heterocycles. The number of rotatable bonds is 13. The summed E-state index contributed by atoms with van der Waals surface area (Å²) in [5.74, 6) is -1.40. The first-order valence-electron chi connectivity index (χ1n) is 15.6. The molecule has 22 heteroatoms. The number of nitrogens with one attached hydrogen (secondary N) is 4.